The second-order valence-corrected chi connectivity index (χ2v) is 5.90. The van der Waals surface area contributed by atoms with Crippen LogP contribution in [0.4, 0.5) is 11.8 Å². The van der Waals surface area contributed by atoms with Crippen molar-refractivity contribution in [2.24, 2.45) is 0 Å². The van der Waals surface area contributed by atoms with E-state index in [4.69, 9.17) is 5.73 Å². The van der Waals surface area contributed by atoms with Gasteiger partial charge in [0.1, 0.15) is 5.52 Å². The predicted octanol–water partition coefficient (Wildman–Crippen LogP) is 3.77. The van der Waals surface area contributed by atoms with Gasteiger partial charge in [0.25, 0.3) is 0 Å². The highest BCUT2D eigenvalue weighted by Crippen LogP contribution is 2.19. The monoisotopic (exact) mass is 336 g/mol. The maximum atomic E-state index is 6.06. The average Bonchev–Trinajstić information content (AvgIpc) is 3.04. The lowest BCUT2D eigenvalue weighted by Gasteiger charge is -2.07. The number of nitrogens with two attached hydrogens (primary N) is 1. The summed E-state index contributed by atoms with van der Waals surface area (Å²) in [6, 6.07) is 10.1. The number of imidazole rings is 1. The lowest BCUT2D eigenvalue weighted by molar-refractivity contribution is 0.660. The molecule has 3 N–H and O–H groups in total. The van der Waals surface area contributed by atoms with Crippen LogP contribution in [0.15, 0.2) is 48.8 Å². The number of nitrogen functional groups attached to an aromatic ring is 1. The Bertz CT molecular complexity index is 838. The molecular formula is C19H24N6. The molecule has 0 amide bonds. The standard InChI is InChI=1S/C19H24N6/c1-2-3-4-5-9-12-25-14-22-16-17(20)23-19(24-18(16)25)21-13-15-10-7-6-8-11-15/h3-4,6-8,10-11,14H,2,5,9,12-13H2,1H3,(H3,20,21,23,24). The molecule has 0 bridgehead atoms. The molecule has 0 fully saturated rings. The molecule has 0 saturated heterocycles. The van der Waals surface area contributed by atoms with Gasteiger partial charge in [-0.1, -0.05) is 49.4 Å². The van der Waals surface area contributed by atoms with Crippen molar-refractivity contribution in [3.05, 3.63) is 54.4 Å². The molecule has 0 atom stereocenters. The Kier molecular flexibility index (Phi) is 5.61. The van der Waals surface area contributed by atoms with Gasteiger partial charge < -0.3 is 15.6 Å². The van der Waals surface area contributed by atoms with E-state index in [1.165, 1.54) is 5.56 Å². The first-order valence-corrected chi connectivity index (χ1v) is 8.69. The van der Waals surface area contributed by atoms with Gasteiger partial charge in [-0.05, 0) is 24.8 Å². The zero-order chi connectivity index (χ0) is 17.5. The van der Waals surface area contributed by atoms with Crippen molar-refractivity contribution < 1.29 is 0 Å². The predicted molar refractivity (Wildman–Crippen MR) is 102 cm³/mol. The van der Waals surface area contributed by atoms with Gasteiger partial charge in [-0.3, -0.25) is 0 Å². The third-order valence-corrected chi connectivity index (χ3v) is 3.96. The fourth-order valence-corrected chi connectivity index (χ4v) is 2.65. The van der Waals surface area contributed by atoms with Crippen LogP contribution in [0.2, 0.25) is 0 Å². The second kappa shape index (κ2) is 8.28. The van der Waals surface area contributed by atoms with E-state index in [-0.39, 0.29) is 0 Å². The minimum atomic E-state index is 0.408. The quantitative estimate of drug-likeness (QED) is 0.483. The fraction of sp³-hybridized carbons (Fsp3) is 0.316. The van der Waals surface area contributed by atoms with E-state index in [0.717, 1.165) is 31.5 Å². The lowest BCUT2D eigenvalue weighted by atomic mass is 10.2. The first kappa shape index (κ1) is 17.0. The van der Waals surface area contributed by atoms with Crippen molar-refractivity contribution in [2.75, 3.05) is 11.1 Å². The molecule has 0 aliphatic rings. The van der Waals surface area contributed by atoms with E-state index in [1.807, 2.05) is 22.8 Å². The number of aromatic nitrogens is 4. The second-order valence-electron chi connectivity index (χ2n) is 5.90. The zero-order valence-corrected chi connectivity index (χ0v) is 14.5. The summed E-state index contributed by atoms with van der Waals surface area (Å²) in [7, 11) is 0. The molecule has 6 heteroatoms. The average molecular weight is 336 g/mol. The van der Waals surface area contributed by atoms with Crippen LogP contribution in [0, 0.1) is 0 Å². The lowest BCUT2D eigenvalue weighted by Crippen LogP contribution is -2.07. The number of nitrogens with zero attached hydrogens (tertiary/aromatic N) is 4. The van der Waals surface area contributed by atoms with Gasteiger partial charge >= 0.3 is 0 Å². The van der Waals surface area contributed by atoms with Crippen LogP contribution >= 0.6 is 0 Å². The number of fused-ring (bicyclic) bond motifs is 1. The zero-order valence-electron chi connectivity index (χ0n) is 14.5. The summed E-state index contributed by atoms with van der Waals surface area (Å²) < 4.78 is 2.04. The molecular weight excluding hydrogens is 312 g/mol. The van der Waals surface area contributed by atoms with Gasteiger partial charge in [0.15, 0.2) is 11.5 Å². The van der Waals surface area contributed by atoms with Crippen LogP contribution in [-0.4, -0.2) is 19.5 Å². The summed E-state index contributed by atoms with van der Waals surface area (Å²) >= 11 is 0. The largest absolute Gasteiger partial charge is 0.382 e. The van der Waals surface area contributed by atoms with Crippen molar-refractivity contribution >= 4 is 22.9 Å². The molecule has 130 valence electrons. The fourth-order valence-electron chi connectivity index (χ4n) is 2.65. The summed E-state index contributed by atoms with van der Waals surface area (Å²) in [6.07, 6.45) is 9.37. The van der Waals surface area contributed by atoms with E-state index >= 15 is 0 Å². The number of rotatable bonds is 8. The summed E-state index contributed by atoms with van der Waals surface area (Å²) in [6.45, 7) is 3.66. The smallest absolute Gasteiger partial charge is 0.227 e. The number of benzene rings is 1. The molecule has 0 radical (unpaired) electrons. The molecule has 0 aliphatic heterocycles. The Morgan fingerprint density at radius 2 is 2.00 bits per heavy atom. The van der Waals surface area contributed by atoms with Crippen molar-refractivity contribution in [3.63, 3.8) is 0 Å². The van der Waals surface area contributed by atoms with Crippen LogP contribution in [0.5, 0.6) is 0 Å². The Hall–Kier alpha value is -2.89. The van der Waals surface area contributed by atoms with E-state index in [1.54, 1.807) is 6.33 Å². The van der Waals surface area contributed by atoms with Crippen molar-refractivity contribution in [2.45, 2.75) is 39.3 Å². The number of hydrogen-bond donors (Lipinski definition) is 2. The van der Waals surface area contributed by atoms with Gasteiger partial charge in [0, 0.05) is 13.1 Å². The molecule has 2 heterocycles. The van der Waals surface area contributed by atoms with Crippen LogP contribution < -0.4 is 11.1 Å². The summed E-state index contributed by atoms with van der Waals surface area (Å²) in [4.78, 5) is 13.3. The Balaban J connectivity index is 1.72. The molecule has 0 saturated carbocycles. The summed E-state index contributed by atoms with van der Waals surface area (Å²) in [5.74, 6) is 0.937. The maximum absolute atomic E-state index is 6.06. The first-order chi connectivity index (χ1) is 12.3. The van der Waals surface area contributed by atoms with Gasteiger partial charge in [0.2, 0.25) is 5.95 Å². The molecule has 2 aromatic heterocycles. The van der Waals surface area contributed by atoms with Crippen LogP contribution in [0.1, 0.15) is 31.7 Å². The molecule has 1 aromatic carbocycles. The summed E-state index contributed by atoms with van der Waals surface area (Å²) in [5.41, 5.74) is 8.66. The number of unbranched alkanes of at least 4 members (excludes halogenated alkanes) is 1. The number of hydrogen-bond acceptors (Lipinski definition) is 5. The Morgan fingerprint density at radius 3 is 2.80 bits per heavy atom. The number of aryl methyl sites for hydroxylation is 1. The van der Waals surface area contributed by atoms with Gasteiger partial charge in [-0.15, -0.1) is 0 Å². The van der Waals surface area contributed by atoms with Crippen LogP contribution in [0.3, 0.4) is 0 Å². The van der Waals surface area contributed by atoms with Crippen LogP contribution in [-0.2, 0) is 13.1 Å². The SMILES string of the molecule is CCC=CCCCn1cnc2c(N)nc(NCc3ccccc3)nc21. The highest BCUT2D eigenvalue weighted by Gasteiger charge is 2.11. The van der Waals surface area contributed by atoms with Gasteiger partial charge in [0.05, 0.1) is 6.33 Å². The summed E-state index contributed by atoms with van der Waals surface area (Å²) in [5, 5.41) is 3.24. The third kappa shape index (κ3) is 4.35. The highest BCUT2D eigenvalue weighted by molar-refractivity contribution is 5.82. The normalized spacial score (nSPS) is 11.4. The van der Waals surface area contributed by atoms with Gasteiger partial charge in [-0.2, -0.15) is 9.97 Å². The van der Waals surface area contributed by atoms with Crippen molar-refractivity contribution in [1.29, 1.82) is 0 Å². The molecule has 3 rings (SSSR count). The first-order valence-electron chi connectivity index (χ1n) is 8.69. The van der Waals surface area contributed by atoms with Crippen molar-refractivity contribution in [1.82, 2.24) is 19.5 Å². The molecule has 3 aromatic rings. The van der Waals surface area contributed by atoms with E-state index in [0.29, 0.717) is 23.8 Å². The highest BCUT2D eigenvalue weighted by atomic mass is 15.2. The Labute approximate surface area is 147 Å². The number of anilines is 2. The number of nitrogens with one attached hydrogen (secondary N) is 1. The van der Waals surface area contributed by atoms with E-state index in [2.05, 4.69) is 51.5 Å². The van der Waals surface area contributed by atoms with E-state index < -0.39 is 0 Å². The number of allylic oxidation sites excluding steroid dienone is 2. The minimum absolute atomic E-state index is 0.408. The van der Waals surface area contributed by atoms with Crippen molar-refractivity contribution in [3.8, 4) is 0 Å². The molecule has 6 nitrogen and oxygen atoms in total. The molecule has 0 spiro atoms. The Morgan fingerprint density at radius 1 is 1.16 bits per heavy atom. The molecule has 0 unspecified atom stereocenters. The maximum Gasteiger partial charge on any atom is 0.227 e. The van der Waals surface area contributed by atoms with Gasteiger partial charge in [-0.25, -0.2) is 4.98 Å². The molecule has 0 aliphatic carbocycles. The molecule has 25 heavy (non-hydrogen) atoms. The minimum Gasteiger partial charge on any atom is -0.382 e. The third-order valence-electron chi connectivity index (χ3n) is 3.96. The topological polar surface area (TPSA) is 81.7 Å². The van der Waals surface area contributed by atoms with Crippen LogP contribution in [0.25, 0.3) is 11.2 Å². The van der Waals surface area contributed by atoms with E-state index in [9.17, 15) is 0 Å².